The number of anilines is 1. The standard InChI is InChI=1S/C18H16BrN3O3/c1-24-15-8-2-12(3-9-15)18-21-17(25-22-18)11-10-16(23)20-14-6-4-13(19)5-7-14/h2-9H,10-11H2,1H3,(H,20,23). The molecule has 0 unspecified atom stereocenters. The Morgan fingerprint density at radius 3 is 2.56 bits per heavy atom. The second-order valence-corrected chi connectivity index (χ2v) is 6.21. The monoisotopic (exact) mass is 401 g/mol. The highest BCUT2D eigenvalue weighted by Gasteiger charge is 2.11. The van der Waals surface area contributed by atoms with Gasteiger partial charge < -0.3 is 14.6 Å². The number of amides is 1. The molecule has 1 amide bonds. The van der Waals surface area contributed by atoms with Crippen molar-refractivity contribution in [2.75, 3.05) is 12.4 Å². The maximum Gasteiger partial charge on any atom is 0.227 e. The number of methoxy groups -OCH3 is 1. The van der Waals surface area contributed by atoms with Crippen LogP contribution in [0.25, 0.3) is 11.4 Å². The van der Waals surface area contributed by atoms with Crippen LogP contribution in [0.15, 0.2) is 57.5 Å². The van der Waals surface area contributed by atoms with Crippen LogP contribution in [-0.2, 0) is 11.2 Å². The van der Waals surface area contributed by atoms with E-state index in [1.54, 1.807) is 7.11 Å². The molecule has 0 radical (unpaired) electrons. The van der Waals surface area contributed by atoms with Crippen LogP contribution in [0, 0.1) is 0 Å². The van der Waals surface area contributed by atoms with Gasteiger partial charge >= 0.3 is 0 Å². The number of hydrogen-bond acceptors (Lipinski definition) is 5. The van der Waals surface area contributed by atoms with E-state index in [1.807, 2.05) is 48.5 Å². The molecule has 1 heterocycles. The summed E-state index contributed by atoms with van der Waals surface area (Å²) < 4.78 is 11.3. The van der Waals surface area contributed by atoms with Gasteiger partial charge in [0.1, 0.15) is 5.75 Å². The Morgan fingerprint density at radius 1 is 1.16 bits per heavy atom. The number of aromatic nitrogens is 2. The van der Waals surface area contributed by atoms with E-state index < -0.39 is 0 Å². The summed E-state index contributed by atoms with van der Waals surface area (Å²) in [6, 6.07) is 14.8. The molecular weight excluding hydrogens is 386 g/mol. The summed E-state index contributed by atoms with van der Waals surface area (Å²) >= 11 is 3.36. The Labute approximate surface area is 153 Å². The molecule has 2 aromatic carbocycles. The molecule has 0 saturated heterocycles. The number of carbonyl (C=O) groups excluding carboxylic acids is 1. The van der Waals surface area contributed by atoms with Crippen LogP contribution >= 0.6 is 15.9 Å². The molecule has 0 bridgehead atoms. The number of halogens is 1. The van der Waals surface area contributed by atoms with E-state index >= 15 is 0 Å². The molecule has 3 aromatic rings. The number of rotatable bonds is 6. The van der Waals surface area contributed by atoms with Gasteiger partial charge in [0, 0.05) is 28.6 Å². The van der Waals surface area contributed by atoms with Crippen LogP contribution in [0.1, 0.15) is 12.3 Å². The summed E-state index contributed by atoms with van der Waals surface area (Å²) in [6.45, 7) is 0. The van der Waals surface area contributed by atoms with Gasteiger partial charge in [-0.25, -0.2) is 0 Å². The second-order valence-electron chi connectivity index (χ2n) is 5.30. The van der Waals surface area contributed by atoms with Crippen LogP contribution in [0.5, 0.6) is 5.75 Å². The molecule has 1 aromatic heterocycles. The van der Waals surface area contributed by atoms with Crippen LogP contribution in [-0.4, -0.2) is 23.2 Å². The first-order chi connectivity index (χ1) is 12.1. The largest absolute Gasteiger partial charge is 0.497 e. The second kappa shape index (κ2) is 7.94. The van der Waals surface area contributed by atoms with Gasteiger partial charge in [0.05, 0.1) is 7.11 Å². The van der Waals surface area contributed by atoms with Crippen LogP contribution in [0.3, 0.4) is 0 Å². The number of hydrogen-bond donors (Lipinski definition) is 1. The van der Waals surface area contributed by atoms with Gasteiger partial charge in [0.25, 0.3) is 0 Å². The molecule has 0 spiro atoms. The summed E-state index contributed by atoms with van der Waals surface area (Å²) in [5.41, 5.74) is 1.58. The predicted octanol–water partition coefficient (Wildman–Crippen LogP) is 4.08. The van der Waals surface area contributed by atoms with E-state index in [0.717, 1.165) is 21.5 Å². The average molecular weight is 402 g/mol. The topological polar surface area (TPSA) is 77.2 Å². The summed E-state index contributed by atoms with van der Waals surface area (Å²) in [4.78, 5) is 16.3. The predicted molar refractivity (Wildman–Crippen MR) is 97.4 cm³/mol. The fourth-order valence-electron chi connectivity index (χ4n) is 2.19. The third-order valence-electron chi connectivity index (χ3n) is 3.51. The van der Waals surface area contributed by atoms with Gasteiger partial charge in [-0.05, 0) is 48.5 Å². The molecule has 0 fully saturated rings. The van der Waals surface area contributed by atoms with Crippen molar-refractivity contribution in [1.82, 2.24) is 10.1 Å². The molecule has 0 aliphatic carbocycles. The van der Waals surface area contributed by atoms with Crippen molar-refractivity contribution >= 4 is 27.5 Å². The quantitative estimate of drug-likeness (QED) is 0.673. The van der Waals surface area contributed by atoms with E-state index in [4.69, 9.17) is 9.26 Å². The Balaban J connectivity index is 1.55. The van der Waals surface area contributed by atoms with Gasteiger partial charge in [-0.2, -0.15) is 4.98 Å². The zero-order valence-electron chi connectivity index (χ0n) is 13.5. The summed E-state index contributed by atoms with van der Waals surface area (Å²) in [6.07, 6.45) is 0.645. The number of benzene rings is 2. The van der Waals surface area contributed by atoms with Crippen molar-refractivity contribution in [2.24, 2.45) is 0 Å². The summed E-state index contributed by atoms with van der Waals surface area (Å²) in [7, 11) is 1.61. The van der Waals surface area contributed by atoms with Crippen molar-refractivity contribution in [3.05, 3.63) is 58.9 Å². The van der Waals surface area contributed by atoms with Crippen molar-refractivity contribution in [1.29, 1.82) is 0 Å². The van der Waals surface area contributed by atoms with Gasteiger partial charge in [-0.15, -0.1) is 0 Å². The minimum atomic E-state index is -0.105. The molecule has 6 nitrogen and oxygen atoms in total. The Kier molecular flexibility index (Phi) is 5.45. The van der Waals surface area contributed by atoms with Crippen LogP contribution < -0.4 is 10.1 Å². The van der Waals surface area contributed by atoms with Crippen molar-refractivity contribution in [3.8, 4) is 17.1 Å². The zero-order chi connectivity index (χ0) is 17.6. The molecule has 0 aliphatic heterocycles. The Morgan fingerprint density at radius 2 is 1.88 bits per heavy atom. The zero-order valence-corrected chi connectivity index (χ0v) is 15.1. The number of carbonyl (C=O) groups is 1. The Hall–Kier alpha value is -2.67. The number of aryl methyl sites for hydroxylation is 1. The third-order valence-corrected chi connectivity index (χ3v) is 4.04. The van der Waals surface area contributed by atoms with Crippen molar-refractivity contribution in [2.45, 2.75) is 12.8 Å². The van der Waals surface area contributed by atoms with Crippen LogP contribution in [0.2, 0.25) is 0 Å². The smallest absolute Gasteiger partial charge is 0.227 e. The molecule has 3 rings (SSSR count). The Bertz CT molecular complexity index is 845. The minimum absolute atomic E-state index is 0.105. The minimum Gasteiger partial charge on any atom is -0.497 e. The molecule has 0 aliphatic rings. The summed E-state index contributed by atoms with van der Waals surface area (Å²) in [5.74, 6) is 1.58. The SMILES string of the molecule is COc1ccc(-c2noc(CCC(=O)Nc3ccc(Br)cc3)n2)cc1. The van der Waals surface area contributed by atoms with Gasteiger partial charge in [-0.3, -0.25) is 4.79 Å². The first-order valence-corrected chi connectivity index (χ1v) is 8.46. The lowest BCUT2D eigenvalue weighted by molar-refractivity contribution is -0.116. The molecule has 25 heavy (non-hydrogen) atoms. The van der Waals surface area contributed by atoms with E-state index in [2.05, 4.69) is 31.4 Å². The van der Waals surface area contributed by atoms with E-state index in [1.165, 1.54) is 0 Å². The van der Waals surface area contributed by atoms with Crippen LogP contribution in [0.4, 0.5) is 5.69 Å². The molecule has 128 valence electrons. The lowest BCUT2D eigenvalue weighted by atomic mass is 10.2. The fraction of sp³-hybridized carbons (Fsp3) is 0.167. The van der Waals surface area contributed by atoms with Gasteiger partial charge in [0.15, 0.2) is 0 Å². The number of ether oxygens (including phenoxy) is 1. The number of nitrogens with zero attached hydrogens (tertiary/aromatic N) is 2. The van der Waals surface area contributed by atoms with E-state index in [-0.39, 0.29) is 12.3 Å². The summed E-state index contributed by atoms with van der Waals surface area (Å²) in [5, 5.41) is 6.78. The maximum atomic E-state index is 12.0. The molecule has 7 heteroatoms. The first kappa shape index (κ1) is 17.2. The fourth-order valence-corrected chi connectivity index (χ4v) is 2.46. The first-order valence-electron chi connectivity index (χ1n) is 7.66. The van der Waals surface area contributed by atoms with E-state index in [0.29, 0.717) is 18.1 Å². The normalized spacial score (nSPS) is 10.5. The lowest BCUT2D eigenvalue weighted by Crippen LogP contribution is -2.12. The van der Waals surface area contributed by atoms with Crippen molar-refractivity contribution < 1.29 is 14.1 Å². The molecule has 0 saturated carbocycles. The lowest BCUT2D eigenvalue weighted by Gasteiger charge is -2.03. The van der Waals surface area contributed by atoms with Gasteiger partial charge in [0.2, 0.25) is 17.6 Å². The number of nitrogens with one attached hydrogen (secondary N) is 1. The third kappa shape index (κ3) is 4.67. The highest BCUT2D eigenvalue weighted by atomic mass is 79.9. The van der Waals surface area contributed by atoms with Crippen molar-refractivity contribution in [3.63, 3.8) is 0 Å². The highest BCUT2D eigenvalue weighted by Crippen LogP contribution is 2.20. The molecule has 0 atom stereocenters. The molecular formula is C18H16BrN3O3. The average Bonchev–Trinajstić information content (AvgIpc) is 3.11. The maximum absolute atomic E-state index is 12.0. The molecule has 1 N–H and O–H groups in total. The van der Waals surface area contributed by atoms with Gasteiger partial charge in [-0.1, -0.05) is 21.1 Å². The highest BCUT2D eigenvalue weighted by molar-refractivity contribution is 9.10. The van der Waals surface area contributed by atoms with E-state index in [9.17, 15) is 4.79 Å².